The summed E-state index contributed by atoms with van der Waals surface area (Å²) in [6.07, 6.45) is -3.92. The molecule has 1 aliphatic heterocycles. The van der Waals surface area contributed by atoms with Crippen LogP contribution in [0.1, 0.15) is 32.9 Å². The Balaban J connectivity index is 2.12. The maximum Gasteiger partial charge on any atom is 0.330 e. The van der Waals surface area contributed by atoms with Crippen LogP contribution in [0.25, 0.3) is 0 Å². The molecule has 0 aromatic carbocycles. The molecule has 0 amide bonds. The SMILES string of the molecule is CCOP(OCC)C(F)(F)CCC1OC(n2ccc(=O)[nH]c2=O)C(OC)C1O. The lowest BCUT2D eigenvalue weighted by Gasteiger charge is -2.26. The first kappa shape index (κ1) is 23.1. The lowest BCUT2D eigenvalue weighted by molar-refractivity contribution is -0.0588. The van der Waals surface area contributed by atoms with Crippen LogP contribution in [0.2, 0.25) is 0 Å². The average molecular weight is 426 g/mol. The van der Waals surface area contributed by atoms with Crippen LogP contribution in [0.3, 0.4) is 0 Å². The van der Waals surface area contributed by atoms with E-state index in [0.29, 0.717) is 0 Å². The van der Waals surface area contributed by atoms with Gasteiger partial charge in [0.15, 0.2) is 6.23 Å². The topological polar surface area (TPSA) is 112 Å². The third-order valence-corrected chi connectivity index (χ3v) is 5.94. The van der Waals surface area contributed by atoms with Crippen molar-refractivity contribution in [1.82, 2.24) is 9.55 Å². The van der Waals surface area contributed by atoms with Crippen LogP contribution in [0.15, 0.2) is 21.9 Å². The Morgan fingerprint density at radius 1 is 1.32 bits per heavy atom. The van der Waals surface area contributed by atoms with E-state index in [1.54, 1.807) is 13.8 Å². The fraction of sp³-hybridized carbons (Fsp3) is 0.750. The first-order chi connectivity index (χ1) is 13.2. The molecule has 9 nitrogen and oxygen atoms in total. The van der Waals surface area contributed by atoms with Crippen LogP contribution in [0, 0.1) is 0 Å². The number of nitrogens with zero attached hydrogens (tertiary/aromatic N) is 1. The minimum Gasteiger partial charge on any atom is -0.388 e. The van der Waals surface area contributed by atoms with Gasteiger partial charge in [0.1, 0.15) is 12.2 Å². The smallest absolute Gasteiger partial charge is 0.330 e. The predicted octanol–water partition coefficient (Wildman–Crippen LogP) is 1.57. The number of halogens is 2. The monoisotopic (exact) mass is 426 g/mol. The molecule has 2 N–H and O–H groups in total. The number of H-pyrrole nitrogens is 1. The Kier molecular flexibility index (Phi) is 8.23. The fourth-order valence-corrected chi connectivity index (χ4v) is 4.16. The first-order valence-electron chi connectivity index (χ1n) is 8.86. The number of rotatable bonds is 10. The Morgan fingerprint density at radius 2 is 1.96 bits per heavy atom. The van der Waals surface area contributed by atoms with Gasteiger partial charge in [-0.05, 0) is 20.3 Å². The van der Waals surface area contributed by atoms with E-state index in [0.717, 1.165) is 10.6 Å². The van der Waals surface area contributed by atoms with Crippen molar-refractivity contribution in [3.8, 4) is 0 Å². The highest BCUT2D eigenvalue weighted by Crippen LogP contribution is 2.56. The van der Waals surface area contributed by atoms with Gasteiger partial charge in [-0.2, -0.15) is 8.78 Å². The molecule has 1 aromatic rings. The molecule has 28 heavy (non-hydrogen) atoms. The molecule has 2 heterocycles. The number of hydrogen-bond donors (Lipinski definition) is 2. The first-order valence-corrected chi connectivity index (χ1v) is 10.0. The van der Waals surface area contributed by atoms with Gasteiger partial charge in [0.05, 0.1) is 19.3 Å². The summed E-state index contributed by atoms with van der Waals surface area (Å²) in [7, 11) is -1.11. The van der Waals surface area contributed by atoms with Gasteiger partial charge in [-0.15, -0.1) is 0 Å². The van der Waals surface area contributed by atoms with E-state index in [1.165, 1.54) is 13.3 Å². The van der Waals surface area contributed by atoms with Gasteiger partial charge < -0.3 is 23.6 Å². The van der Waals surface area contributed by atoms with Crippen molar-refractivity contribution in [2.45, 2.75) is 56.9 Å². The standard InChI is InChI=1S/C16H25F2N2O7P/c1-4-25-28(26-5-2)16(17,18)8-6-10-12(22)13(24-3)14(27-10)20-9-7-11(21)19-15(20)23/h7,9-10,12-14,22H,4-6,8H2,1-3H3,(H,19,21,23). The molecule has 0 spiro atoms. The summed E-state index contributed by atoms with van der Waals surface area (Å²) in [6.45, 7) is 3.38. The van der Waals surface area contributed by atoms with Gasteiger partial charge in [-0.1, -0.05) is 0 Å². The summed E-state index contributed by atoms with van der Waals surface area (Å²) < 4.78 is 50.9. The molecule has 0 saturated carbocycles. The number of hydrogen-bond acceptors (Lipinski definition) is 7. The Labute approximate surface area is 161 Å². The van der Waals surface area contributed by atoms with E-state index in [4.69, 9.17) is 18.5 Å². The number of aliphatic hydroxyl groups excluding tert-OH is 1. The summed E-state index contributed by atoms with van der Waals surface area (Å²) >= 11 is 0. The molecule has 1 aliphatic rings. The van der Waals surface area contributed by atoms with Crippen molar-refractivity contribution < 1.29 is 32.4 Å². The van der Waals surface area contributed by atoms with Gasteiger partial charge in [-0.3, -0.25) is 14.3 Å². The van der Waals surface area contributed by atoms with Crippen LogP contribution in [0.4, 0.5) is 8.78 Å². The van der Waals surface area contributed by atoms with Crippen molar-refractivity contribution in [3.05, 3.63) is 33.1 Å². The minimum atomic E-state index is -3.24. The number of ether oxygens (including phenoxy) is 2. The van der Waals surface area contributed by atoms with E-state index in [1.807, 2.05) is 0 Å². The van der Waals surface area contributed by atoms with E-state index in [-0.39, 0.29) is 19.6 Å². The highest BCUT2D eigenvalue weighted by molar-refractivity contribution is 7.48. The number of aliphatic hydroxyl groups is 1. The average Bonchev–Trinajstić information content (AvgIpc) is 2.95. The lowest BCUT2D eigenvalue weighted by atomic mass is 10.1. The quantitative estimate of drug-likeness (QED) is 0.546. The van der Waals surface area contributed by atoms with Gasteiger partial charge in [0, 0.05) is 25.8 Å². The second-order valence-corrected chi connectivity index (χ2v) is 7.76. The van der Waals surface area contributed by atoms with Crippen molar-refractivity contribution in [1.29, 1.82) is 0 Å². The zero-order chi connectivity index (χ0) is 20.9. The molecule has 0 aliphatic carbocycles. The molecule has 0 radical (unpaired) electrons. The zero-order valence-electron chi connectivity index (χ0n) is 15.8. The van der Waals surface area contributed by atoms with Gasteiger partial charge in [-0.25, -0.2) is 4.79 Å². The number of aromatic nitrogens is 2. The molecule has 1 fully saturated rings. The summed E-state index contributed by atoms with van der Waals surface area (Å²) in [4.78, 5) is 25.3. The van der Waals surface area contributed by atoms with Crippen LogP contribution in [0.5, 0.6) is 0 Å². The number of nitrogens with one attached hydrogen (secondary N) is 1. The third-order valence-electron chi connectivity index (χ3n) is 4.20. The Bertz CT molecular complexity index is 738. The number of methoxy groups -OCH3 is 1. The molecule has 12 heteroatoms. The summed E-state index contributed by atoms with van der Waals surface area (Å²) in [5, 5.41) is 10.4. The minimum absolute atomic E-state index is 0.0901. The molecule has 2 rings (SSSR count). The van der Waals surface area contributed by atoms with E-state index < -0.39 is 56.2 Å². The highest BCUT2D eigenvalue weighted by Gasteiger charge is 2.48. The number of aromatic amines is 1. The highest BCUT2D eigenvalue weighted by atomic mass is 31.2. The molecule has 4 atom stereocenters. The van der Waals surface area contributed by atoms with E-state index in [9.17, 15) is 23.5 Å². The molecule has 160 valence electrons. The fourth-order valence-electron chi connectivity index (χ4n) is 2.93. The van der Waals surface area contributed by atoms with Crippen LogP contribution < -0.4 is 11.2 Å². The van der Waals surface area contributed by atoms with Crippen molar-refractivity contribution in [3.63, 3.8) is 0 Å². The maximum atomic E-state index is 14.5. The number of alkyl halides is 2. The predicted molar refractivity (Wildman–Crippen MR) is 96.4 cm³/mol. The summed E-state index contributed by atoms with van der Waals surface area (Å²) in [5.74, 6) is 0. The normalized spacial score (nSPS) is 25.5. The largest absolute Gasteiger partial charge is 0.388 e. The molecule has 1 saturated heterocycles. The second-order valence-electron chi connectivity index (χ2n) is 6.07. The van der Waals surface area contributed by atoms with Gasteiger partial charge in [0.2, 0.25) is 8.38 Å². The summed E-state index contributed by atoms with van der Waals surface area (Å²) in [6, 6.07) is 1.11. The van der Waals surface area contributed by atoms with Gasteiger partial charge >= 0.3 is 11.4 Å². The lowest BCUT2D eigenvalue weighted by Crippen LogP contribution is -2.38. The van der Waals surface area contributed by atoms with Crippen molar-refractivity contribution >= 4 is 8.38 Å². The zero-order valence-corrected chi connectivity index (χ0v) is 16.7. The van der Waals surface area contributed by atoms with Crippen LogP contribution in [-0.2, 0) is 18.5 Å². The molecular weight excluding hydrogens is 401 g/mol. The van der Waals surface area contributed by atoms with Crippen molar-refractivity contribution in [2.75, 3.05) is 20.3 Å². The van der Waals surface area contributed by atoms with Crippen molar-refractivity contribution in [2.24, 2.45) is 0 Å². The molecule has 4 unspecified atom stereocenters. The molecular formula is C16H25F2N2O7P. The molecule has 0 bridgehead atoms. The molecule has 1 aromatic heterocycles. The second kappa shape index (κ2) is 10.00. The van der Waals surface area contributed by atoms with Crippen LogP contribution >= 0.6 is 8.38 Å². The third kappa shape index (κ3) is 5.22. The van der Waals surface area contributed by atoms with E-state index >= 15 is 0 Å². The summed E-state index contributed by atoms with van der Waals surface area (Å²) in [5.41, 5.74) is -4.58. The van der Waals surface area contributed by atoms with Crippen LogP contribution in [-0.4, -0.2) is 59.0 Å². The Hall–Kier alpha value is -1.23. The maximum absolute atomic E-state index is 14.5. The van der Waals surface area contributed by atoms with E-state index in [2.05, 4.69) is 4.98 Å². The Morgan fingerprint density at radius 3 is 2.50 bits per heavy atom. The van der Waals surface area contributed by atoms with Gasteiger partial charge in [0.25, 0.3) is 5.56 Å².